The average Bonchev–Trinajstić information content (AvgIpc) is 2.91. The number of nitrogens with zero attached hydrogens (tertiary/aromatic N) is 2. The van der Waals surface area contributed by atoms with Gasteiger partial charge in [0.2, 0.25) is 0 Å². The zero-order valence-corrected chi connectivity index (χ0v) is 15.1. The highest BCUT2D eigenvalue weighted by Crippen LogP contribution is 2.24. The molecule has 0 aliphatic rings. The van der Waals surface area contributed by atoms with Crippen LogP contribution >= 0.6 is 15.9 Å². The zero-order chi connectivity index (χ0) is 16.6. The Balaban J connectivity index is 1.94. The van der Waals surface area contributed by atoms with E-state index in [1.165, 1.54) is 0 Å². The smallest absolute Gasteiger partial charge is 0.261 e. The molecule has 0 amide bonds. The van der Waals surface area contributed by atoms with Gasteiger partial charge in [-0.25, -0.2) is 8.42 Å². The van der Waals surface area contributed by atoms with Gasteiger partial charge in [0.1, 0.15) is 0 Å². The topological polar surface area (TPSA) is 64.0 Å². The van der Waals surface area contributed by atoms with Crippen molar-refractivity contribution < 1.29 is 8.42 Å². The van der Waals surface area contributed by atoms with Crippen LogP contribution in [-0.4, -0.2) is 18.2 Å². The summed E-state index contributed by atoms with van der Waals surface area (Å²) in [6, 6.07) is 10.3. The highest BCUT2D eigenvalue weighted by atomic mass is 79.9. The molecular formula is C16H16BrN3O2S. The monoisotopic (exact) mass is 393 g/mol. The first-order valence-corrected chi connectivity index (χ1v) is 9.43. The third-order valence-corrected chi connectivity index (χ3v) is 5.84. The van der Waals surface area contributed by atoms with Crippen molar-refractivity contribution in [1.82, 2.24) is 9.78 Å². The Labute approximate surface area is 143 Å². The number of halogens is 1. The van der Waals surface area contributed by atoms with Crippen LogP contribution in [-0.2, 0) is 16.6 Å². The fraction of sp³-hybridized carbons (Fsp3) is 0.188. The molecule has 1 aromatic heterocycles. The van der Waals surface area contributed by atoms with E-state index in [-0.39, 0.29) is 4.90 Å². The standard InChI is InChI=1S/C16H16BrN3O2S/c1-3-20-10-12-4-5-13(9-16(12)18-20)19-23(21,22)14-6-7-15(17)11(2)8-14/h4-10,19H,3H2,1-2H3. The molecule has 23 heavy (non-hydrogen) atoms. The molecule has 120 valence electrons. The SMILES string of the molecule is CCn1cc2ccc(NS(=O)(=O)c3ccc(Br)c(C)c3)cc2n1. The number of sulfonamides is 1. The van der Waals surface area contributed by atoms with Crippen molar-refractivity contribution in [2.45, 2.75) is 25.3 Å². The van der Waals surface area contributed by atoms with Crippen LogP contribution < -0.4 is 4.72 Å². The number of nitrogens with one attached hydrogen (secondary N) is 1. The minimum atomic E-state index is -3.63. The molecule has 0 saturated heterocycles. The third kappa shape index (κ3) is 3.25. The quantitative estimate of drug-likeness (QED) is 0.730. The van der Waals surface area contributed by atoms with Gasteiger partial charge in [0.25, 0.3) is 10.0 Å². The van der Waals surface area contributed by atoms with Gasteiger partial charge in [-0.2, -0.15) is 5.10 Å². The van der Waals surface area contributed by atoms with Crippen LogP contribution in [0.1, 0.15) is 12.5 Å². The second-order valence-electron chi connectivity index (χ2n) is 5.27. The van der Waals surface area contributed by atoms with E-state index < -0.39 is 10.0 Å². The summed E-state index contributed by atoms with van der Waals surface area (Å²) in [5.74, 6) is 0. The van der Waals surface area contributed by atoms with Crippen LogP contribution in [0, 0.1) is 6.92 Å². The fourth-order valence-corrected chi connectivity index (χ4v) is 3.67. The van der Waals surface area contributed by atoms with Crippen LogP contribution in [0.4, 0.5) is 5.69 Å². The molecule has 0 aliphatic heterocycles. The molecule has 0 unspecified atom stereocenters. The minimum Gasteiger partial charge on any atom is -0.280 e. The fourth-order valence-electron chi connectivity index (χ4n) is 2.29. The van der Waals surface area contributed by atoms with Gasteiger partial charge in [0.15, 0.2) is 0 Å². The second kappa shape index (κ2) is 5.98. The Morgan fingerprint density at radius 3 is 2.70 bits per heavy atom. The van der Waals surface area contributed by atoms with E-state index in [0.717, 1.165) is 27.5 Å². The first kappa shape index (κ1) is 16.0. The summed E-state index contributed by atoms with van der Waals surface area (Å²) in [4.78, 5) is 0.234. The highest BCUT2D eigenvalue weighted by molar-refractivity contribution is 9.10. The summed E-state index contributed by atoms with van der Waals surface area (Å²) in [5.41, 5.74) is 2.13. The van der Waals surface area contributed by atoms with Crippen molar-refractivity contribution in [1.29, 1.82) is 0 Å². The van der Waals surface area contributed by atoms with Gasteiger partial charge in [-0.15, -0.1) is 0 Å². The molecule has 1 N–H and O–H groups in total. The molecule has 2 aromatic carbocycles. The average molecular weight is 394 g/mol. The first-order valence-electron chi connectivity index (χ1n) is 7.15. The number of benzene rings is 2. The Morgan fingerprint density at radius 2 is 2.00 bits per heavy atom. The van der Waals surface area contributed by atoms with Crippen LogP contribution in [0.15, 0.2) is 52.0 Å². The van der Waals surface area contributed by atoms with Crippen molar-refractivity contribution in [3.05, 3.63) is 52.6 Å². The number of hydrogen-bond acceptors (Lipinski definition) is 3. The lowest BCUT2D eigenvalue weighted by atomic mass is 10.2. The molecule has 0 saturated carbocycles. The maximum atomic E-state index is 12.5. The number of fused-ring (bicyclic) bond motifs is 1. The molecule has 7 heteroatoms. The van der Waals surface area contributed by atoms with Crippen molar-refractivity contribution in [3.63, 3.8) is 0 Å². The predicted octanol–water partition coefficient (Wildman–Crippen LogP) is 3.93. The molecule has 1 heterocycles. The number of aromatic nitrogens is 2. The Hall–Kier alpha value is -1.86. The molecule has 0 spiro atoms. The summed E-state index contributed by atoms with van der Waals surface area (Å²) in [5, 5.41) is 5.38. The molecule has 0 radical (unpaired) electrons. The van der Waals surface area contributed by atoms with Gasteiger partial charge in [0.05, 0.1) is 16.1 Å². The van der Waals surface area contributed by atoms with Gasteiger partial charge in [0, 0.05) is 22.6 Å². The summed E-state index contributed by atoms with van der Waals surface area (Å²) in [7, 11) is -3.63. The van der Waals surface area contributed by atoms with E-state index in [2.05, 4.69) is 25.8 Å². The predicted molar refractivity (Wildman–Crippen MR) is 95.1 cm³/mol. The molecule has 3 aromatic rings. The molecule has 0 aliphatic carbocycles. The van der Waals surface area contributed by atoms with E-state index in [4.69, 9.17) is 0 Å². The van der Waals surface area contributed by atoms with Gasteiger partial charge < -0.3 is 0 Å². The third-order valence-electron chi connectivity index (χ3n) is 3.57. The molecule has 0 atom stereocenters. The molecule has 3 rings (SSSR count). The van der Waals surface area contributed by atoms with E-state index in [1.54, 1.807) is 30.3 Å². The number of rotatable bonds is 4. The minimum absolute atomic E-state index is 0.234. The summed E-state index contributed by atoms with van der Waals surface area (Å²) < 4.78 is 30.3. The summed E-state index contributed by atoms with van der Waals surface area (Å²) in [6.45, 7) is 4.63. The van der Waals surface area contributed by atoms with Crippen LogP contribution in [0.5, 0.6) is 0 Å². The van der Waals surface area contributed by atoms with E-state index >= 15 is 0 Å². The lowest BCUT2D eigenvalue weighted by molar-refractivity contribution is 0.601. The van der Waals surface area contributed by atoms with Gasteiger partial charge in [-0.3, -0.25) is 9.40 Å². The van der Waals surface area contributed by atoms with Gasteiger partial charge >= 0.3 is 0 Å². The highest BCUT2D eigenvalue weighted by Gasteiger charge is 2.15. The lowest BCUT2D eigenvalue weighted by Crippen LogP contribution is -2.13. The lowest BCUT2D eigenvalue weighted by Gasteiger charge is -2.09. The van der Waals surface area contributed by atoms with Crippen molar-refractivity contribution in [2.75, 3.05) is 4.72 Å². The van der Waals surface area contributed by atoms with E-state index in [9.17, 15) is 8.42 Å². The van der Waals surface area contributed by atoms with Gasteiger partial charge in [-0.1, -0.05) is 15.9 Å². The zero-order valence-electron chi connectivity index (χ0n) is 12.7. The maximum Gasteiger partial charge on any atom is 0.261 e. The van der Waals surface area contributed by atoms with Crippen LogP contribution in [0.25, 0.3) is 10.9 Å². The number of aryl methyl sites for hydroxylation is 2. The number of anilines is 1. The van der Waals surface area contributed by atoms with Crippen LogP contribution in [0.2, 0.25) is 0 Å². The Bertz CT molecular complexity index is 980. The normalized spacial score (nSPS) is 11.8. The van der Waals surface area contributed by atoms with Gasteiger partial charge in [-0.05, 0) is 55.8 Å². The van der Waals surface area contributed by atoms with E-state index in [1.807, 2.05) is 30.8 Å². The van der Waals surface area contributed by atoms with E-state index in [0.29, 0.717) is 5.69 Å². The number of hydrogen-bond donors (Lipinski definition) is 1. The summed E-state index contributed by atoms with van der Waals surface area (Å²) >= 11 is 3.37. The Morgan fingerprint density at radius 1 is 1.22 bits per heavy atom. The largest absolute Gasteiger partial charge is 0.280 e. The first-order chi connectivity index (χ1) is 10.9. The molecule has 0 bridgehead atoms. The molecular weight excluding hydrogens is 378 g/mol. The molecule has 0 fully saturated rings. The maximum absolute atomic E-state index is 12.5. The summed E-state index contributed by atoms with van der Waals surface area (Å²) in [6.07, 6.45) is 1.94. The van der Waals surface area contributed by atoms with Crippen molar-refractivity contribution in [3.8, 4) is 0 Å². The Kier molecular flexibility index (Phi) is 4.16. The van der Waals surface area contributed by atoms with Crippen molar-refractivity contribution in [2.24, 2.45) is 0 Å². The van der Waals surface area contributed by atoms with Crippen LogP contribution in [0.3, 0.4) is 0 Å². The van der Waals surface area contributed by atoms with Crippen molar-refractivity contribution >= 4 is 42.5 Å². The second-order valence-corrected chi connectivity index (χ2v) is 7.81. The molecule has 5 nitrogen and oxygen atoms in total.